The minimum atomic E-state index is 0.00454. The second-order valence-corrected chi connectivity index (χ2v) is 2.13. The topological polar surface area (TPSA) is 37.8 Å². The van der Waals surface area contributed by atoms with Crippen LogP contribution in [0.15, 0.2) is 18.6 Å². The van der Waals surface area contributed by atoms with Crippen LogP contribution in [0.5, 0.6) is 0 Å². The third kappa shape index (κ3) is 2.26. The average molecular weight is 147 g/mol. The van der Waals surface area contributed by atoms with Crippen LogP contribution in [0.2, 0.25) is 0 Å². The molecule has 0 aliphatic rings. The Morgan fingerprint density at radius 3 is 3.09 bits per heavy atom. The van der Waals surface area contributed by atoms with Crippen molar-refractivity contribution < 1.29 is 0 Å². The summed E-state index contributed by atoms with van der Waals surface area (Å²) in [6.07, 6.45) is 8.31. The second-order valence-electron chi connectivity index (χ2n) is 2.13. The number of hydrogen-bond acceptors (Lipinski definition) is 3. The van der Waals surface area contributed by atoms with E-state index >= 15 is 0 Å². The predicted molar refractivity (Wildman–Crippen MR) is 43.9 cm³/mol. The van der Waals surface area contributed by atoms with Crippen LogP contribution in [-0.2, 0) is 0 Å². The van der Waals surface area contributed by atoms with E-state index in [1.807, 2.05) is 6.92 Å². The van der Waals surface area contributed by atoms with Gasteiger partial charge in [0.2, 0.25) is 0 Å². The molecule has 1 aromatic rings. The number of aromatic nitrogens is 2. The van der Waals surface area contributed by atoms with Crippen molar-refractivity contribution in [1.29, 1.82) is 0 Å². The monoisotopic (exact) mass is 147 g/mol. The van der Waals surface area contributed by atoms with Gasteiger partial charge in [0.1, 0.15) is 12.1 Å². The maximum atomic E-state index is 5.16. The molecule has 1 aromatic heterocycles. The highest BCUT2D eigenvalue weighted by molar-refractivity contribution is 5.35. The highest BCUT2D eigenvalue weighted by Crippen LogP contribution is 1.99. The zero-order valence-corrected chi connectivity index (χ0v) is 6.28. The van der Waals surface area contributed by atoms with Crippen LogP contribution >= 0.6 is 0 Å². The van der Waals surface area contributed by atoms with Crippen LogP contribution in [0, 0.1) is 12.3 Å². The molecule has 1 N–H and O–H groups in total. The van der Waals surface area contributed by atoms with Crippen LogP contribution in [-0.4, -0.2) is 16.0 Å². The summed E-state index contributed by atoms with van der Waals surface area (Å²) in [7, 11) is 0. The summed E-state index contributed by atoms with van der Waals surface area (Å²) in [5.74, 6) is 3.30. The fraction of sp³-hybridized carbons (Fsp3) is 0.250. The molecule has 0 bridgehead atoms. The van der Waals surface area contributed by atoms with Gasteiger partial charge in [-0.25, -0.2) is 9.97 Å². The summed E-state index contributed by atoms with van der Waals surface area (Å²) in [5, 5.41) is 3.00. The lowest BCUT2D eigenvalue weighted by Crippen LogP contribution is -2.12. The Labute approximate surface area is 65.9 Å². The molecule has 0 spiro atoms. The number of terminal acetylenes is 1. The first-order valence-electron chi connectivity index (χ1n) is 3.31. The van der Waals surface area contributed by atoms with Crippen LogP contribution in [0.3, 0.4) is 0 Å². The number of anilines is 1. The Hall–Kier alpha value is -1.56. The molecular weight excluding hydrogens is 138 g/mol. The van der Waals surface area contributed by atoms with E-state index < -0.39 is 0 Å². The minimum Gasteiger partial charge on any atom is -0.357 e. The fourth-order valence-corrected chi connectivity index (χ4v) is 0.640. The number of hydrogen-bond donors (Lipinski definition) is 1. The SMILES string of the molecule is C#CC(C)Nc1ccncn1. The van der Waals surface area contributed by atoms with Crippen molar-refractivity contribution in [3.8, 4) is 12.3 Å². The summed E-state index contributed by atoms with van der Waals surface area (Å²) in [4.78, 5) is 7.72. The minimum absolute atomic E-state index is 0.00454. The van der Waals surface area contributed by atoms with Gasteiger partial charge in [0.25, 0.3) is 0 Å². The van der Waals surface area contributed by atoms with Crippen molar-refractivity contribution in [3.63, 3.8) is 0 Å². The van der Waals surface area contributed by atoms with Gasteiger partial charge in [0.15, 0.2) is 0 Å². The lowest BCUT2D eigenvalue weighted by Gasteiger charge is -2.06. The molecule has 0 aliphatic carbocycles. The zero-order chi connectivity index (χ0) is 8.10. The Kier molecular flexibility index (Phi) is 2.45. The Morgan fingerprint density at radius 1 is 1.73 bits per heavy atom. The van der Waals surface area contributed by atoms with Crippen molar-refractivity contribution in [2.24, 2.45) is 0 Å². The van der Waals surface area contributed by atoms with Crippen LogP contribution in [0.4, 0.5) is 5.82 Å². The Bertz CT molecular complexity index is 250. The third-order valence-corrected chi connectivity index (χ3v) is 1.20. The molecule has 0 aliphatic heterocycles. The van der Waals surface area contributed by atoms with E-state index in [4.69, 9.17) is 6.42 Å². The largest absolute Gasteiger partial charge is 0.357 e. The molecule has 3 heteroatoms. The van der Waals surface area contributed by atoms with E-state index in [2.05, 4.69) is 21.2 Å². The van der Waals surface area contributed by atoms with Gasteiger partial charge in [-0.1, -0.05) is 5.92 Å². The number of nitrogens with one attached hydrogen (secondary N) is 1. The summed E-state index contributed by atoms with van der Waals surface area (Å²) in [5.41, 5.74) is 0. The molecule has 1 atom stereocenters. The first kappa shape index (κ1) is 7.55. The van der Waals surface area contributed by atoms with Crippen molar-refractivity contribution in [2.75, 3.05) is 5.32 Å². The molecule has 3 nitrogen and oxygen atoms in total. The van der Waals surface area contributed by atoms with Gasteiger partial charge in [0.05, 0.1) is 6.04 Å². The van der Waals surface area contributed by atoms with Gasteiger partial charge in [-0.15, -0.1) is 6.42 Å². The maximum Gasteiger partial charge on any atom is 0.130 e. The van der Waals surface area contributed by atoms with E-state index in [0.717, 1.165) is 5.82 Å². The molecule has 1 heterocycles. The number of nitrogens with zero attached hydrogens (tertiary/aromatic N) is 2. The third-order valence-electron chi connectivity index (χ3n) is 1.20. The van der Waals surface area contributed by atoms with Gasteiger partial charge in [-0.3, -0.25) is 0 Å². The molecule has 11 heavy (non-hydrogen) atoms. The predicted octanol–water partition coefficient (Wildman–Crippen LogP) is 0.910. The lowest BCUT2D eigenvalue weighted by molar-refractivity contribution is 1.00. The highest BCUT2D eigenvalue weighted by Gasteiger charge is 1.95. The van der Waals surface area contributed by atoms with Crippen LogP contribution < -0.4 is 5.32 Å². The standard InChI is InChI=1S/C8H9N3/c1-3-7(2)11-8-4-5-9-6-10-8/h1,4-7H,2H3,(H,9,10,11). The molecular formula is C8H9N3. The van der Waals surface area contributed by atoms with Crippen molar-refractivity contribution in [2.45, 2.75) is 13.0 Å². The van der Waals surface area contributed by atoms with Crippen LogP contribution in [0.25, 0.3) is 0 Å². The van der Waals surface area contributed by atoms with E-state index in [-0.39, 0.29) is 6.04 Å². The molecule has 0 aromatic carbocycles. The van der Waals surface area contributed by atoms with Crippen molar-refractivity contribution in [1.82, 2.24) is 9.97 Å². The summed E-state index contributed by atoms with van der Waals surface area (Å²) < 4.78 is 0. The quantitative estimate of drug-likeness (QED) is 0.632. The van der Waals surface area contributed by atoms with E-state index in [1.54, 1.807) is 12.3 Å². The van der Waals surface area contributed by atoms with Gasteiger partial charge in [-0.05, 0) is 13.0 Å². The molecule has 0 amide bonds. The smallest absolute Gasteiger partial charge is 0.130 e. The summed E-state index contributed by atoms with van der Waals surface area (Å²) in [6.45, 7) is 1.89. The fourth-order valence-electron chi connectivity index (χ4n) is 0.640. The molecule has 0 fully saturated rings. The Morgan fingerprint density at radius 2 is 2.55 bits per heavy atom. The van der Waals surface area contributed by atoms with Gasteiger partial charge >= 0.3 is 0 Å². The highest BCUT2D eigenvalue weighted by atomic mass is 15.0. The van der Waals surface area contributed by atoms with Crippen molar-refractivity contribution >= 4 is 5.82 Å². The maximum absolute atomic E-state index is 5.16. The average Bonchev–Trinajstić information content (AvgIpc) is 2.06. The van der Waals surface area contributed by atoms with Crippen molar-refractivity contribution in [3.05, 3.63) is 18.6 Å². The Balaban J connectivity index is 2.60. The van der Waals surface area contributed by atoms with Gasteiger partial charge in [0, 0.05) is 6.20 Å². The van der Waals surface area contributed by atoms with Crippen LogP contribution in [0.1, 0.15) is 6.92 Å². The molecule has 0 radical (unpaired) electrons. The van der Waals surface area contributed by atoms with E-state index in [1.165, 1.54) is 6.33 Å². The normalized spacial score (nSPS) is 11.6. The first-order chi connectivity index (χ1) is 5.33. The van der Waals surface area contributed by atoms with E-state index in [0.29, 0.717) is 0 Å². The molecule has 1 rings (SSSR count). The van der Waals surface area contributed by atoms with Gasteiger partial charge < -0.3 is 5.32 Å². The number of rotatable bonds is 2. The zero-order valence-electron chi connectivity index (χ0n) is 6.28. The molecule has 56 valence electrons. The van der Waals surface area contributed by atoms with Gasteiger partial charge in [-0.2, -0.15) is 0 Å². The molecule has 0 saturated heterocycles. The summed E-state index contributed by atoms with van der Waals surface area (Å²) in [6, 6.07) is 1.78. The van der Waals surface area contributed by atoms with E-state index in [9.17, 15) is 0 Å². The molecule has 1 unspecified atom stereocenters. The summed E-state index contributed by atoms with van der Waals surface area (Å²) >= 11 is 0. The second kappa shape index (κ2) is 3.57. The first-order valence-corrected chi connectivity index (χ1v) is 3.31. The lowest BCUT2D eigenvalue weighted by atomic mass is 10.3. The molecule has 0 saturated carbocycles.